The number of fused-ring (bicyclic) bond motifs is 1. The summed E-state index contributed by atoms with van der Waals surface area (Å²) in [6, 6.07) is 14.3. The summed E-state index contributed by atoms with van der Waals surface area (Å²) < 4.78 is 1.58. The highest BCUT2D eigenvalue weighted by Crippen LogP contribution is 2.32. The van der Waals surface area contributed by atoms with Gasteiger partial charge >= 0.3 is 0 Å². The zero-order valence-electron chi connectivity index (χ0n) is 13.3. The molecule has 126 valence electrons. The van der Waals surface area contributed by atoms with Crippen molar-refractivity contribution in [2.45, 2.75) is 29.7 Å². The van der Waals surface area contributed by atoms with Crippen LogP contribution in [-0.2, 0) is 4.79 Å². The molecular weight excluding hydrogens is 356 g/mol. The van der Waals surface area contributed by atoms with Crippen LogP contribution in [0.25, 0.3) is 16.6 Å². The second kappa shape index (κ2) is 6.65. The van der Waals surface area contributed by atoms with Crippen LogP contribution < -0.4 is 5.56 Å². The number of Topliss-reactive ketones (excluding diaryl/α,β-unsaturated/α-hetero) is 1. The lowest BCUT2D eigenvalue weighted by atomic mass is 10.2. The van der Waals surface area contributed by atoms with Crippen LogP contribution in [0.2, 0.25) is 5.02 Å². The van der Waals surface area contributed by atoms with Crippen molar-refractivity contribution < 1.29 is 4.79 Å². The molecule has 4 nitrogen and oxygen atoms in total. The first-order chi connectivity index (χ1) is 12.1. The van der Waals surface area contributed by atoms with Crippen molar-refractivity contribution in [2.75, 3.05) is 0 Å². The number of carbonyl (C=O) groups is 1. The fourth-order valence-electron chi connectivity index (χ4n) is 3.04. The first kappa shape index (κ1) is 16.4. The minimum Gasteiger partial charge on any atom is -0.298 e. The number of benzene rings is 2. The minimum atomic E-state index is -0.138. The Balaban J connectivity index is 1.92. The predicted octanol–water partition coefficient (Wildman–Crippen LogP) is 4.25. The molecule has 1 atom stereocenters. The van der Waals surface area contributed by atoms with Gasteiger partial charge in [0, 0.05) is 11.4 Å². The Labute approximate surface area is 153 Å². The van der Waals surface area contributed by atoms with E-state index < -0.39 is 0 Å². The molecule has 1 fully saturated rings. The number of halogens is 1. The fraction of sp³-hybridized carbons (Fsp3) is 0.211. The molecule has 0 radical (unpaired) electrons. The summed E-state index contributed by atoms with van der Waals surface area (Å²) in [5.41, 5.74) is 1.20. The highest BCUT2D eigenvalue weighted by atomic mass is 35.5. The zero-order valence-corrected chi connectivity index (χ0v) is 14.9. The third-order valence-electron chi connectivity index (χ3n) is 4.33. The van der Waals surface area contributed by atoms with Gasteiger partial charge in [-0.3, -0.25) is 14.2 Å². The normalized spacial score (nSPS) is 17.3. The molecule has 2 aromatic carbocycles. The number of ketones is 1. The Morgan fingerprint density at radius 1 is 1.08 bits per heavy atom. The number of thioether (sulfide) groups is 1. The van der Waals surface area contributed by atoms with Crippen LogP contribution in [0.5, 0.6) is 0 Å². The van der Waals surface area contributed by atoms with E-state index in [1.807, 2.05) is 18.2 Å². The SMILES string of the molecule is O=C1CCCC1Sc1nc2ccccc2c(=O)n1-c1ccc(Cl)cc1. The molecule has 1 saturated carbocycles. The van der Waals surface area contributed by atoms with E-state index in [0.29, 0.717) is 33.2 Å². The van der Waals surface area contributed by atoms with Crippen LogP contribution in [0.3, 0.4) is 0 Å². The molecule has 6 heteroatoms. The van der Waals surface area contributed by atoms with E-state index in [4.69, 9.17) is 11.6 Å². The van der Waals surface area contributed by atoms with Gasteiger partial charge in [-0.2, -0.15) is 0 Å². The second-order valence-electron chi connectivity index (χ2n) is 5.99. The lowest BCUT2D eigenvalue weighted by Gasteiger charge is -2.15. The van der Waals surface area contributed by atoms with Crippen molar-refractivity contribution in [3.05, 3.63) is 63.9 Å². The summed E-state index contributed by atoms with van der Waals surface area (Å²) >= 11 is 7.36. The molecule has 0 saturated heterocycles. The Morgan fingerprint density at radius 3 is 2.56 bits per heavy atom. The average Bonchev–Trinajstić information content (AvgIpc) is 3.01. The Bertz CT molecular complexity index is 1010. The third kappa shape index (κ3) is 3.10. The molecular formula is C19H15ClN2O2S. The number of aromatic nitrogens is 2. The standard InChI is InChI=1S/C19H15ClN2O2S/c20-12-8-10-13(11-9-12)22-18(24)14-4-1-2-5-15(14)21-19(22)25-17-7-3-6-16(17)23/h1-2,4-5,8-11,17H,3,6-7H2. The molecule has 0 bridgehead atoms. The van der Waals surface area contributed by atoms with Crippen molar-refractivity contribution in [3.63, 3.8) is 0 Å². The monoisotopic (exact) mass is 370 g/mol. The van der Waals surface area contributed by atoms with Crippen LogP contribution in [0, 0.1) is 0 Å². The van der Waals surface area contributed by atoms with Crippen LogP contribution >= 0.6 is 23.4 Å². The summed E-state index contributed by atoms with van der Waals surface area (Å²) in [6.07, 6.45) is 2.33. The van der Waals surface area contributed by atoms with Gasteiger partial charge in [0.25, 0.3) is 5.56 Å². The van der Waals surface area contributed by atoms with E-state index in [1.54, 1.807) is 34.9 Å². The van der Waals surface area contributed by atoms with Gasteiger partial charge in [-0.15, -0.1) is 0 Å². The molecule has 1 aromatic heterocycles. The van der Waals surface area contributed by atoms with E-state index in [-0.39, 0.29) is 16.6 Å². The molecule has 1 aliphatic carbocycles. The van der Waals surface area contributed by atoms with Gasteiger partial charge in [0.15, 0.2) is 5.16 Å². The summed E-state index contributed by atoms with van der Waals surface area (Å²) in [5, 5.41) is 1.57. The molecule has 0 spiro atoms. The quantitative estimate of drug-likeness (QED) is 0.646. The first-order valence-corrected chi connectivity index (χ1v) is 9.36. The molecule has 0 amide bonds. The van der Waals surface area contributed by atoms with E-state index in [9.17, 15) is 9.59 Å². The fourth-order valence-corrected chi connectivity index (χ4v) is 4.40. The molecule has 1 heterocycles. The van der Waals surface area contributed by atoms with E-state index in [1.165, 1.54) is 11.8 Å². The summed E-state index contributed by atoms with van der Waals surface area (Å²) in [6.45, 7) is 0. The number of nitrogens with zero attached hydrogens (tertiary/aromatic N) is 2. The minimum absolute atomic E-state index is 0.133. The molecule has 0 N–H and O–H groups in total. The maximum Gasteiger partial charge on any atom is 0.266 e. The van der Waals surface area contributed by atoms with E-state index >= 15 is 0 Å². The van der Waals surface area contributed by atoms with Gasteiger partial charge in [-0.05, 0) is 49.2 Å². The smallest absolute Gasteiger partial charge is 0.266 e. The van der Waals surface area contributed by atoms with Crippen LogP contribution in [0.4, 0.5) is 0 Å². The van der Waals surface area contributed by atoms with Gasteiger partial charge in [-0.25, -0.2) is 4.98 Å². The molecule has 3 aromatic rings. The van der Waals surface area contributed by atoms with Gasteiger partial charge < -0.3 is 0 Å². The van der Waals surface area contributed by atoms with Gasteiger partial charge in [0.2, 0.25) is 0 Å². The van der Waals surface area contributed by atoms with Gasteiger partial charge in [0.1, 0.15) is 5.78 Å². The van der Waals surface area contributed by atoms with Gasteiger partial charge in [-0.1, -0.05) is 35.5 Å². The molecule has 1 aliphatic rings. The molecule has 0 aliphatic heterocycles. The lowest BCUT2D eigenvalue weighted by molar-refractivity contribution is -0.116. The maximum atomic E-state index is 13.1. The van der Waals surface area contributed by atoms with Crippen LogP contribution in [0.15, 0.2) is 58.5 Å². The van der Waals surface area contributed by atoms with E-state index in [0.717, 1.165) is 12.8 Å². The lowest BCUT2D eigenvalue weighted by Crippen LogP contribution is -2.23. The number of rotatable bonds is 3. The first-order valence-electron chi connectivity index (χ1n) is 8.10. The second-order valence-corrected chi connectivity index (χ2v) is 7.60. The number of hydrogen-bond acceptors (Lipinski definition) is 4. The largest absolute Gasteiger partial charge is 0.298 e. The maximum absolute atomic E-state index is 13.1. The van der Waals surface area contributed by atoms with Gasteiger partial charge in [0.05, 0.1) is 21.8 Å². The third-order valence-corrected chi connectivity index (χ3v) is 5.85. The summed E-state index contributed by atoms with van der Waals surface area (Å²) in [5.74, 6) is 0.232. The molecule has 1 unspecified atom stereocenters. The highest BCUT2D eigenvalue weighted by Gasteiger charge is 2.27. The molecule has 25 heavy (non-hydrogen) atoms. The zero-order chi connectivity index (χ0) is 17.4. The van der Waals surface area contributed by atoms with Crippen molar-refractivity contribution in [2.24, 2.45) is 0 Å². The van der Waals surface area contributed by atoms with E-state index in [2.05, 4.69) is 4.98 Å². The van der Waals surface area contributed by atoms with Crippen molar-refractivity contribution in [3.8, 4) is 5.69 Å². The van der Waals surface area contributed by atoms with Crippen LogP contribution in [-0.4, -0.2) is 20.6 Å². The number of carbonyl (C=O) groups excluding carboxylic acids is 1. The Kier molecular flexibility index (Phi) is 4.36. The van der Waals surface area contributed by atoms with Crippen LogP contribution in [0.1, 0.15) is 19.3 Å². The Morgan fingerprint density at radius 2 is 1.84 bits per heavy atom. The number of para-hydroxylation sites is 1. The molecule has 4 rings (SSSR count). The Hall–Kier alpha value is -2.11. The summed E-state index contributed by atoms with van der Waals surface area (Å²) in [7, 11) is 0. The van der Waals surface area contributed by atoms with Crippen molar-refractivity contribution in [1.82, 2.24) is 9.55 Å². The van der Waals surface area contributed by atoms with Crippen molar-refractivity contribution in [1.29, 1.82) is 0 Å². The average molecular weight is 371 g/mol. The highest BCUT2D eigenvalue weighted by molar-refractivity contribution is 8.00. The number of hydrogen-bond donors (Lipinski definition) is 0. The summed E-state index contributed by atoms with van der Waals surface area (Å²) in [4.78, 5) is 29.8. The topological polar surface area (TPSA) is 52.0 Å². The predicted molar refractivity (Wildman–Crippen MR) is 101 cm³/mol. The van der Waals surface area contributed by atoms with Crippen molar-refractivity contribution >= 4 is 40.0 Å².